The first-order valence-electron chi connectivity index (χ1n) is 8.87. The first kappa shape index (κ1) is 15.9. The van der Waals surface area contributed by atoms with E-state index in [0.29, 0.717) is 6.54 Å². The van der Waals surface area contributed by atoms with Gasteiger partial charge in [0.05, 0.1) is 6.04 Å². The Labute approximate surface area is 146 Å². The third-order valence-electron chi connectivity index (χ3n) is 5.26. The van der Waals surface area contributed by atoms with E-state index in [1.807, 2.05) is 30.1 Å². The zero-order valence-electron chi connectivity index (χ0n) is 14.3. The molecular weight excluding hydrogens is 316 g/mol. The molecule has 4 rings (SSSR count). The van der Waals surface area contributed by atoms with Crippen LogP contribution in [0.5, 0.6) is 0 Å². The lowest BCUT2D eigenvalue weighted by Crippen LogP contribution is -2.34. The van der Waals surface area contributed by atoms with Gasteiger partial charge in [0, 0.05) is 25.5 Å². The largest absolute Gasteiger partial charge is 0.373 e. The van der Waals surface area contributed by atoms with Crippen molar-refractivity contribution in [3.8, 4) is 0 Å². The number of anilines is 1. The minimum absolute atomic E-state index is 0.00439. The van der Waals surface area contributed by atoms with Crippen LogP contribution in [0.15, 0.2) is 29.2 Å². The molecule has 0 unspecified atom stereocenters. The molecule has 0 spiro atoms. The fourth-order valence-electron chi connectivity index (χ4n) is 3.97. The molecule has 1 aliphatic heterocycles. The first-order chi connectivity index (χ1) is 12.2. The quantitative estimate of drug-likeness (QED) is 0.900. The van der Waals surface area contributed by atoms with Gasteiger partial charge in [-0.3, -0.25) is 9.59 Å². The van der Waals surface area contributed by atoms with Crippen molar-refractivity contribution in [2.24, 2.45) is 0 Å². The molecule has 2 aliphatic rings. The highest BCUT2D eigenvalue weighted by molar-refractivity contribution is 5.94. The average molecular weight is 338 g/mol. The standard InChI is InChI=1S/C19H22N4O2/c1-20-17-11-13(7-8-21-17)16-6-3-9-23(16)19(25)14-10-12-4-2-5-15(12)22-18(14)24/h7-8,10-11,16H,2-6,9H2,1H3,(H,20,21)(H,22,24)/t16-/m0/s1. The Kier molecular flexibility index (Phi) is 4.03. The Bertz CT molecular complexity index is 874. The van der Waals surface area contributed by atoms with E-state index in [2.05, 4.69) is 15.3 Å². The third-order valence-corrected chi connectivity index (χ3v) is 5.26. The van der Waals surface area contributed by atoms with Gasteiger partial charge in [-0.15, -0.1) is 0 Å². The molecular formula is C19H22N4O2. The monoisotopic (exact) mass is 338 g/mol. The van der Waals surface area contributed by atoms with Crippen LogP contribution in [0.3, 0.4) is 0 Å². The number of aromatic nitrogens is 2. The van der Waals surface area contributed by atoms with Crippen LogP contribution in [0, 0.1) is 0 Å². The molecule has 0 bridgehead atoms. The van der Waals surface area contributed by atoms with E-state index in [0.717, 1.165) is 54.7 Å². The van der Waals surface area contributed by atoms with E-state index < -0.39 is 0 Å². The minimum atomic E-state index is -0.262. The summed E-state index contributed by atoms with van der Waals surface area (Å²) in [7, 11) is 1.83. The van der Waals surface area contributed by atoms with Crippen molar-refractivity contribution >= 4 is 11.7 Å². The number of amides is 1. The van der Waals surface area contributed by atoms with Gasteiger partial charge in [0.25, 0.3) is 11.5 Å². The molecule has 2 aromatic rings. The number of H-pyrrole nitrogens is 1. The summed E-state index contributed by atoms with van der Waals surface area (Å²) >= 11 is 0. The highest BCUT2D eigenvalue weighted by atomic mass is 16.2. The number of hydrogen-bond donors (Lipinski definition) is 2. The molecule has 1 aliphatic carbocycles. The van der Waals surface area contributed by atoms with Crippen molar-refractivity contribution in [3.05, 3.63) is 57.1 Å². The predicted octanol–water partition coefficient (Wildman–Crippen LogP) is 2.28. The number of hydrogen-bond acceptors (Lipinski definition) is 4. The highest BCUT2D eigenvalue weighted by Crippen LogP contribution is 2.33. The summed E-state index contributed by atoms with van der Waals surface area (Å²) in [5.41, 5.74) is 3.17. The van der Waals surface area contributed by atoms with Crippen LogP contribution >= 0.6 is 0 Å². The molecule has 0 radical (unpaired) electrons. The summed E-state index contributed by atoms with van der Waals surface area (Å²) in [6.07, 6.45) is 6.47. The lowest BCUT2D eigenvalue weighted by molar-refractivity contribution is 0.0733. The van der Waals surface area contributed by atoms with Gasteiger partial charge in [-0.25, -0.2) is 4.98 Å². The van der Waals surface area contributed by atoms with Crippen LogP contribution in [0.1, 0.15) is 52.5 Å². The minimum Gasteiger partial charge on any atom is -0.373 e. The second kappa shape index (κ2) is 6.35. The van der Waals surface area contributed by atoms with Crippen LogP contribution in [0.2, 0.25) is 0 Å². The first-order valence-corrected chi connectivity index (χ1v) is 8.87. The van der Waals surface area contributed by atoms with Gasteiger partial charge in [-0.2, -0.15) is 0 Å². The Balaban J connectivity index is 1.66. The van der Waals surface area contributed by atoms with E-state index in [1.165, 1.54) is 0 Å². The lowest BCUT2D eigenvalue weighted by atomic mass is 10.0. The molecule has 0 saturated carbocycles. The fourth-order valence-corrected chi connectivity index (χ4v) is 3.97. The van der Waals surface area contributed by atoms with Crippen LogP contribution in [0.4, 0.5) is 5.82 Å². The summed E-state index contributed by atoms with van der Waals surface area (Å²) in [6, 6.07) is 5.73. The van der Waals surface area contributed by atoms with Crippen molar-refractivity contribution in [2.75, 3.05) is 18.9 Å². The normalized spacial score (nSPS) is 19.1. The fraction of sp³-hybridized carbons (Fsp3) is 0.421. The predicted molar refractivity (Wildman–Crippen MR) is 95.9 cm³/mol. The molecule has 130 valence electrons. The van der Waals surface area contributed by atoms with E-state index in [4.69, 9.17) is 0 Å². The summed E-state index contributed by atoms with van der Waals surface area (Å²) in [6.45, 7) is 0.678. The van der Waals surface area contributed by atoms with Crippen LogP contribution < -0.4 is 10.9 Å². The number of fused-ring (bicyclic) bond motifs is 1. The molecule has 1 atom stereocenters. The molecule has 6 nitrogen and oxygen atoms in total. The van der Waals surface area contributed by atoms with Crippen molar-refractivity contribution < 1.29 is 4.79 Å². The van der Waals surface area contributed by atoms with E-state index in [1.54, 1.807) is 6.20 Å². The maximum atomic E-state index is 13.1. The van der Waals surface area contributed by atoms with E-state index in [9.17, 15) is 9.59 Å². The average Bonchev–Trinajstić information content (AvgIpc) is 3.29. The van der Waals surface area contributed by atoms with Crippen LogP contribution in [-0.4, -0.2) is 34.4 Å². The second-order valence-electron chi connectivity index (χ2n) is 6.75. The second-order valence-corrected chi connectivity index (χ2v) is 6.75. The van der Waals surface area contributed by atoms with Gasteiger partial charge < -0.3 is 15.2 Å². The molecule has 0 aromatic carbocycles. The van der Waals surface area contributed by atoms with Gasteiger partial charge in [0.2, 0.25) is 0 Å². The van der Waals surface area contributed by atoms with Crippen molar-refractivity contribution in [1.29, 1.82) is 0 Å². The van der Waals surface area contributed by atoms with Gasteiger partial charge in [0.1, 0.15) is 11.4 Å². The number of aryl methyl sites for hydroxylation is 2. The van der Waals surface area contributed by atoms with Crippen molar-refractivity contribution in [2.45, 2.75) is 38.1 Å². The molecule has 3 heterocycles. The molecule has 25 heavy (non-hydrogen) atoms. The highest BCUT2D eigenvalue weighted by Gasteiger charge is 2.32. The Hall–Kier alpha value is -2.63. The molecule has 1 amide bonds. The number of likely N-dealkylation sites (tertiary alicyclic amines) is 1. The summed E-state index contributed by atoms with van der Waals surface area (Å²) in [4.78, 5) is 34.5. The zero-order valence-corrected chi connectivity index (χ0v) is 14.3. The summed E-state index contributed by atoms with van der Waals surface area (Å²) in [5.74, 6) is 0.619. The SMILES string of the molecule is CNc1cc([C@@H]2CCCN2C(=O)c2cc3c([nH]c2=O)CCC3)ccn1. The molecule has 1 saturated heterocycles. The number of aromatic amines is 1. The third kappa shape index (κ3) is 2.81. The Morgan fingerprint density at radius 1 is 1.32 bits per heavy atom. The van der Waals surface area contributed by atoms with E-state index >= 15 is 0 Å². The number of rotatable bonds is 3. The van der Waals surface area contributed by atoms with Crippen molar-refractivity contribution in [1.82, 2.24) is 14.9 Å². The summed E-state index contributed by atoms with van der Waals surface area (Å²) in [5, 5.41) is 3.03. The molecule has 2 aromatic heterocycles. The van der Waals surface area contributed by atoms with Gasteiger partial charge >= 0.3 is 0 Å². The number of nitrogens with zero attached hydrogens (tertiary/aromatic N) is 2. The lowest BCUT2D eigenvalue weighted by Gasteiger charge is -2.25. The Morgan fingerprint density at radius 3 is 3.04 bits per heavy atom. The smallest absolute Gasteiger partial charge is 0.261 e. The topological polar surface area (TPSA) is 78.1 Å². The number of pyridine rings is 2. The van der Waals surface area contributed by atoms with Gasteiger partial charge in [0.15, 0.2) is 0 Å². The maximum absolute atomic E-state index is 13.1. The molecule has 2 N–H and O–H groups in total. The Morgan fingerprint density at radius 2 is 2.20 bits per heavy atom. The molecule has 6 heteroatoms. The van der Waals surface area contributed by atoms with Crippen LogP contribution in [0.25, 0.3) is 0 Å². The number of nitrogens with one attached hydrogen (secondary N) is 2. The molecule has 1 fully saturated rings. The zero-order chi connectivity index (χ0) is 17.4. The number of carbonyl (C=O) groups excluding carboxylic acids is 1. The maximum Gasteiger partial charge on any atom is 0.261 e. The summed E-state index contributed by atoms with van der Waals surface area (Å²) < 4.78 is 0. The van der Waals surface area contributed by atoms with E-state index in [-0.39, 0.29) is 23.1 Å². The van der Waals surface area contributed by atoms with Gasteiger partial charge in [-0.1, -0.05) is 0 Å². The van der Waals surface area contributed by atoms with Gasteiger partial charge in [-0.05, 0) is 61.4 Å². The van der Waals surface area contributed by atoms with Crippen molar-refractivity contribution in [3.63, 3.8) is 0 Å². The number of carbonyl (C=O) groups is 1. The van der Waals surface area contributed by atoms with Crippen LogP contribution in [-0.2, 0) is 12.8 Å².